The number of pyridine rings is 2. The van der Waals surface area contributed by atoms with Gasteiger partial charge in [-0.05, 0) is 36.6 Å². The van der Waals surface area contributed by atoms with Crippen LogP contribution in [0.4, 0.5) is 16.2 Å². The minimum Gasteiger partial charge on any atom is -0.365 e. The number of fused-ring (bicyclic) bond motifs is 1. The van der Waals surface area contributed by atoms with E-state index in [2.05, 4.69) is 38.2 Å². The summed E-state index contributed by atoms with van der Waals surface area (Å²) in [6.45, 7) is 3.67. The van der Waals surface area contributed by atoms with E-state index in [1.165, 1.54) is 0 Å². The predicted molar refractivity (Wildman–Crippen MR) is 100 cm³/mol. The third kappa shape index (κ3) is 3.29. The van der Waals surface area contributed by atoms with Crippen molar-refractivity contribution in [1.82, 2.24) is 19.9 Å². The highest BCUT2D eigenvalue weighted by Gasteiger charge is 2.25. The Morgan fingerprint density at radius 3 is 2.85 bits per heavy atom. The summed E-state index contributed by atoms with van der Waals surface area (Å²) in [4.78, 5) is 19.9. The molecule has 0 aromatic carbocycles. The molecule has 1 aliphatic heterocycles. The van der Waals surface area contributed by atoms with Gasteiger partial charge in [-0.25, -0.2) is 9.37 Å². The molecular weight excluding hydrogens is 331 g/mol. The number of alkyl halides is 1. The molecule has 134 valence electrons. The first-order chi connectivity index (χ1) is 12.7. The standard InChI is InChI=1S/C19H21FN6/c1-2-16-13(5-3-8-21-16)11-23-18-15-6-4-9-22-17(15)24-19(25-18)26-10-7-14(20)12-26/h3-6,8-9,14H,2,7,10-12H2,1H3,(H,22,23,24,25). The number of anilines is 2. The van der Waals surface area contributed by atoms with E-state index < -0.39 is 6.17 Å². The average Bonchev–Trinajstić information content (AvgIpc) is 3.12. The lowest BCUT2D eigenvalue weighted by Gasteiger charge is -2.17. The fourth-order valence-corrected chi connectivity index (χ4v) is 3.26. The molecule has 1 atom stereocenters. The Hall–Kier alpha value is -2.83. The second-order valence-electron chi connectivity index (χ2n) is 6.40. The van der Waals surface area contributed by atoms with E-state index in [9.17, 15) is 4.39 Å². The number of nitrogens with one attached hydrogen (secondary N) is 1. The maximum Gasteiger partial charge on any atom is 0.229 e. The Balaban J connectivity index is 1.66. The summed E-state index contributed by atoms with van der Waals surface area (Å²) in [7, 11) is 0. The molecule has 1 N–H and O–H groups in total. The first kappa shape index (κ1) is 16.6. The third-order valence-corrected chi connectivity index (χ3v) is 4.64. The van der Waals surface area contributed by atoms with E-state index in [0.717, 1.165) is 23.1 Å². The normalized spacial score (nSPS) is 17.0. The molecular formula is C19H21FN6. The van der Waals surface area contributed by atoms with Gasteiger partial charge in [-0.2, -0.15) is 9.97 Å². The number of hydrogen-bond donors (Lipinski definition) is 1. The molecule has 7 heteroatoms. The molecule has 4 heterocycles. The van der Waals surface area contributed by atoms with E-state index in [4.69, 9.17) is 0 Å². The van der Waals surface area contributed by atoms with Crippen molar-refractivity contribution in [1.29, 1.82) is 0 Å². The number of nitrogens with zero attached hydrogens (tertiary/aromatic N) is 5. The minimum absolute atomic E-state index is 0.334. The number of hydrogen-bond acceptors (Lipinski definition) is 6. The topological polar surface area (TPSA) is 66.8 Å². The van der Waals surface area contributed by atoms with Crippen molar-refractivity contribution in [3.05, 3.63) is 47.9 Å². The zero-order valence-corrected chi connectivity index (χ0v) is 14.7. The number of rotatable bonds is 5. The molecule has 3 aromatic heterocycles. The van der Waals surface area contributed by atoms with Gasteiger partial charge in [0, 0.05) is 31.2 Å². The van der Waals surface area contributed by atoms with Gasteiger partial charge in [-0.15, -0.1) is 0 Å². The van der Waals surface area contributed by atoms with Crippen LogP contribution in [0.15, 0.2) is 36.7 Å². The van der Waals surface area contributed by atoms with Crippen LogP contribution in [-0.4, -0.2) is 39.2 Å². The molecule has 1 fully saturated rings. The Labute approximate surface area is 151 Å². The largest absolute Gasteiger partial charge is 0.365 e. The van der Waals surface area contributed by atoms with Crippen LogP contribution in [0.2, 0.25) is 0 Å². The van der Waals surface area contributed by atoms with Crippen molar-refractivity contribution in [2.45, 2.75) is 32.5 Å². The molecule has 0 spiro atoms. The fourth-order valence-electron chi connectivity index (χ4n) is 3.26. The first-order valence-electron chi connectivity index (χ1n) is 8.93. The van der Waals surface area contributed by atoms with Crippen molar-refractivity contribution in [3.8, 4) is 0 Å². The average molecular weight is 352 g/mol. The summed E-state index contributed by atoms with van der Waals surface area (Å²) in [5.41, 5.74) is 2.82. The van der Waals surface area contributed by atoms with E-state index in [1.807, 2.05) is 29.3 Å². The van der Waals surface area contributed by atoms with Crippen molar-refractivity contribution < 1.29 is 4.39 Å². The smallest absolute Gasteiger partial charge is 0.229 e. The Morgan fingerprint density at radius 2 is 2.04 bits per heavy atom. The molecule has 1 aliphatic rings. The quantitative estimate of drug-likeness (QED) is 0.761. The highest BCUT2D eigenvalue weighted by molar-refractivity contribution is 5.87. The van der Waals surface area contributed by atoms with Crippen LogP contribution in [-0.2, 0) is 13.0 Å². The molecule has 6 nitrogen and oxygen atoms in total. The third-order valence-electron chi connectivity index (χ3n) is 4.64. The number of aryl methyl sites for hydroxylation is 1. The van der Waals surface area contributed by atoms with Crippen molar-refractivity contribution >= 4 is 22.8 Å². The monoisotopic (exact) mass is 352 g/mol. The van der Waals surface area contributed by atoms with Gasteiger partial charge in [0.05, 0.1) is 11.9 Å². The lowest BCUT2D eigenvalue weighted by molar-refractivity contribution is 0.364. The zero-order chi connectivity index (χ0) is 17.9. The SMILES string of the molecule is CCc1ncccc1CNc1nc(N2CCC(F)C2)nc2ncccc12. The maximum absolute atomic E-state index is 13.6. The zero-order valence-electron chi connectivity index (χ0n) is 14.7. The molecule has 1 unspecified atom stereocenters. The summed E-state index contributed by atoms with van der Waals surface area (Å²) < 4.78 is 13.6. The van der Waals surface area contributed by atoms with Gasteiger partial charge < -0.3 is 10.2 Å². The highest BCUT2D eigenvalue weighted by atomic mass is 19.1. The van der Waals surface area contributed by atoms with Gasteiger partial charge in [-0.1, -0.05) is 13.0 Å². The fraction of sp³-hybridized carbons (Fsp3) is 0.368. The van der Waals surface area contributed by atoms with E-state index in [1.54, 1.807) is 6.20 Å². The van der Waals surface area contributed by atoms with Gasteiger partial charge in [0.2, 0.25) is 5.95 Å². The number of halogens is 1. The molecule has 26 heavy (non-hydrogen) atoms. The Morgan fingerprint density at radius 1 is 1.19 bits per heavy atom. The van der Waals surface area contributed by atoms with Crippen LogP contribution in [0.3, 0.4) is 0 Å². The van der Waals surface area contributed by atoms with Gasteiger partial charge in [0.1, 0.15) is 12.0 Å². The van der Waals surface area contributed by atoms with Gasteiger partial charge in [0.25, 0.3) is 0 Å². The highest BCUT2D eigenvalue weighted by Crippen LogP contribution is 2.25. The molecule has 1 saturated heterocycles. The summed E-state index contributed by atoms with van der Waals surface area (Å²) in [6.07, 6.45) is 4.09. The van der Waals surface area contributed by atoms with Gasteiger partial charge in [-0.3, -0.25) is 4.98 Å². The molecule has 3 aromatic rings. The van der Waals surface area contributed by atoms with Crippen molar-refractivity contribution in [2.24, 2.45) is 0 Å². The Kier molecular flexibility index (Phi) is 4.60. The molecule has 0 amide bonds. The van der Waals surface area contributed by atoms with Crippen LogP contribution in [0.1, 0.15) is 24.6 Å². The maximum atomic E-state index is 13.6. The van der Waals surface area contributed by atoms with E-state index in [-0.39, 0.29) is 0 Å². The lowest BCUT2D eigenvalue weighted by Crippen LogP contribution is -2.23. The van der Waals surface area contributed by atoms with Crippen LogP contribution >= 0.6 is 0 Å². The van der Waals surface area contributed by atoms with Crippen LogP contribution < -0.4 is 10.2 Å². The molecule has 0 bridgehead atoms. The van der Waals surface area contributed by atoms with Crippen LogP contribution in [0.5, 0.6) is 0 Å². The van der Waals surface area contributed by atoms with Crippen LogP contribution in [0.25, 0.3) is 11.0 Å². The summed E-state index contributed by atoms with van der Waals surface area (Å²) in [6, 6.07) is 7.81. The van der Waals surface area contributed by atoms with Gasteiger partial charge >= 0.3 is 0 Å². The molecule has 4 rings (SSSR count). The lowest BCUT2D eigenvalue weighted by atomic mass is 10.1. The minimum atomic E-state index is -0.822. The summed E-state index contributed by atoms with van der Waals surface area (Å²) >= 11 is 0. The van der Waals surface area contributed by atoms with Crippen molar-refractivity contribution in [3.63, 3.8) is 0 Å². The second-order valence-corrected chi connectivity index (χ2v) is 6.40. The first-order valence-corrected chi connectivity index (χ1v) is 8.93. The summed E-state index contributed by atoms with van der Waals surface area (Å²) in [5.74, 6) is 1.24. The summed E-state index contributed by atoms with van der Waals surface area (Å²) in [5, 5.41) is 4.26. The predicted octanol–water partition coefficient (Wildman–Crippen LogP) is 3.14. The molecule has 0 radical (unpaired) electrons. The van der Waals surface area contributed by atoms with Crippen molar-refractivity contribution in [2.75, 3.05) is 23.3 Å². The van der Waals surface area contributed by atoms with E-state index in [0.29, 0.717) is 43.5 Å². The van der Waals surface area contributed by atoms with Gasteiger partial charge in [0.15, 0.2) is 5.65 Å². The molecule has 0 saturated carbocycles. The van der Waals surface area contributed by atoms with E-state index >= 15 is 0 Å². The second kappa shape index (κ2) is 7.19. The molecule has 0 aliphatic carbocycles. The van der Waals surface area contributed by atoms with Crippen LogP contribution in [0, 0.1) is 0 Å². The Bertz CT molecular complexity index is 915. The number of aromatic nitrogens is 4.